The number of carbonyl (C=O) groups excluding carboxylic acids is 1. The highest BCUT2D eigenvalue weighted by atomic mass is 16.5. The minimum absolute atomic E-state index is 0.0499. The molecule has 0 saturated heterocycles. The van der Waals surface area contributed by atoms with Crippen LogP contribution in [0.5, 0.6) is 5.75 Å². The second kappa shape index (κ2) is 5.84. The van der Waals surface area contributed by atoms with Crippen molar-refractivity contribution >= 4 is 11.3 Å². The molecule has 0 bridgehead atoms. The van der Waals surface area contributed by atoms with Crippen molar-refractivity contribution in [1.82, 2.24) is 9.61 Å². The molecule has 19 heavy (non-hydrogen) atoms. The van der Waals surface area contributed by atoms with Crippen molar-refractivity contribution < 1.29 is 14.3 Å². The van der Waals surface area contributed by atoms with Crippen LogP contribution in [-0.2, 0) is 4.74 Å². The topological polar surface area (TPSA) is 52.8 Å². The number of ether oxygens (including phenoxy) is 2. The van der Waals surface area contributed by atoms with E-state index >= 15 is 0 Å². The summed E-state index contributed by atoms with van der Waals surface area (Å²) in [4.78, 5) is 12.1. The highest BCUT2D eigenvalue weighted by Crippen LogP contribution is 2.20. The van der Waals surface area contributed by atoms with Gasteiger partial charge in [0.05, 0.1) is 23.9 Å². The van der Waals surface area contributed by atoms with Crippen LogP contribution in [0.1, 0.15) is 24.2 Å². The molecule has 0 atom stereocenters. The minimum atomic E-state index is -0.0499. The van der Waals surface area contributed by atoms with E-state index in [4.69, 9.17) is 9.47 Å². The Balaban J connectivity index is 2.29. The average Bonchev–Trinajstić information content (AvgIpc) is 2.81. The van der Waals surface area contributed by atoms with Crippen LogP contribution in [0.25, 0.3) is 5.52 Å². The third-order valence-corrected chi connectivity index (χ3v) is 2.84. The fraction of sp³-hybridized carbons (Fsp3) is 0.429. The normalized spacial score (nSPS) is 11.2. The lowest BCUT2D eigenvalue weighted by molar-refractivity contribution is 0.0941. The summed E-state index contributed by atoms with van der Waals surface area (Å²) in [5, 5.41) is 4.18. The van der Waals surface area contributed by atoms with E-state index in [1.807, 2.05) is 26.0 Å². The molecule has 0 unspecified atom stereocenters. The SMILES string of the molecule is COCCOc1ccn2ncc(C(=O)C(C)C)c2c1. The van der Waals surface area contributed by atoms with Gasteiger partial charge in [0, 0.05) is 25.3 Å². The number of rotatable bonds is 6. The highest BCUT2D eigenvalue weighted by molar-refractivity contribution is 6.03. The number of ketones is 1. The molecule has 2 aromatic rings. The first-order chi connectivity index (χ1) is 9.13. The molecule has 0 radical (unpaired) electrons. The maximum Gasteiger partial charge on any atom is 0.169 e. The lowest BCUT2D eigenvalue weighted by Gasteiger charge is -2.06. The number of nitrogens with zero attached hydrogens (tertiary/aromatic N) is 2. The van der Waals surface area contributed by atoms with Crippen molar-refractivity contribution in [2.24, 2.45) is 5.92 Å². The van der Waals surface area contributed by atoms with Crippen molar-refractivity contribution in [3.63, 3.8) is 0 Å². The smallest absolute Gasteiger partial charge is 0.169 e. The molecule has 0 N–H and O–H groups in total. The van der Waals surface area contributed by atoms with Gasteiger partial charge in [-0.25, -0.2) is 4.52 Å². The number of pyridine rings is 1. The molecule has 0 aliphatic heterocycles. The Morgan fingerprint density at radius 1 is 1.42 bits per heavy atom. The van der Waals surface area contributed by atoms with Gasteiger partial charge in [0.2, 0.25) is 0 Å². The number of fused-ring (bicyclic) bond motifs is 1. The van der Waals surface area contributed by atoms with Crippen LogP contribution in [0, 0.1) is 5.92 Å². The van der Waals surface area contributed by atoms with Crippen LogP contribution >= 0.6 is 0 Å². The monoisotopic (exact) mass is 262 g/mol. The van der Waals surface area contributed by atoms with Gasteiger partial charge in [0.25, 0.3) is 0 Å². The second-order valence-corrected chi connectivity index (χ2v) is 4.61. The zero-order valence-corrected chi connectivity index (χ0v) is 11.4. The molecule has 0 fully saturated rings. The van der Waals surface area contributed by atoms with E-state index in [0.29, 0.717) is 24.5 Å². The number of carbonyl (C=O) groups is 1. The third-order valence-electron chi connectivity index (χ3n) is 2.84. The Kier molecular flexibility index (Phi) is 4.16. The van der Waals surface area contributed by atoms with Crippen LogP contribution in [0.15, 0.2) is 24.5 Å². The molecule has 0 aliphatic carbocycles. The van der Waals surface area contributed by atoms with Crippen molar-refractivity contribution in [2.75, 3.05) is 20.3 Å². The lowest BCUT2D eigenvalue weighted by Crippen LogP contribution is -2.07. The predicted molar refractivity (Wildman–Crippen MR) is 71.7 cm³/mol. The van der Waals surface area contributed by atoms with Gasteiger partial charge in [-0.1, -0.05) is 13.8 Å². The van der Waals surface area contributed by atoms with Crippen molar-refractivity contribution in [3.05, 3.63) is 30.1 Å². The summed E-state index contributed by atoms with van der Waals surface area (Å²) in [6.07, 6.45) is 3.39. The number of methoxy groups -OCH3 is 1. The maximum atomic E-state index is 12.1. The summed E-state index contributed by atoms with van der Waals surface area (Å²) in [6.45, 7) is 4.77. The molecule has 2 rings (SSSR count). The fourth-order valence-electron chi connectivity index (χ4n) is 1.79. The first kappa shape index (κ1) is 13.5. The van der Waals surface area contributed by atoms with Gasteiger partial charge in [0.15, 0.2) is 5.78 Å². The zero-order valence-electron chi connectivity index (χ0n) is 11.4. The molecule has 2 heterocycles. The van der Waals surface area contributed by atoms with Crippen molar-refractivity contribution in [3.8, 4) is 5.75 Å². The van der Waals surface area contributed by atoms with Crippen molar-refractivity contribution in [1.29, 1.82) is 0 Å². The Labute approximate surface area is 112 Å². The Hall–Kier alpha value is -1.88. The van der Waals surface area contributed by atoms with Crippen molar-refractivity contribution in [2.45, 2.75) is 13.8 Å². The maximum absolute atomic E-state index is 12.1. The van der Waals surface area contributed by atoms with Crippen LogP contribution < -0.4 is 4.74 Å². The summed E-state index contributed by atoms with van der Waals surface area (Å²) in [5.74, 6) is 0.748. The predicted octanol–water partition coefficient (Wildman–Crippen LogP) is 2.20. The zero-order chi connectivity index (χ0) is 13.8. The third kappa shape index (κ3) is 2.93. The van der Waals surface area contributed by atoms with E-state index in [1.54, 1.807) is 24.0 Å². The van der Waals surface area contributed by atoms with E-state index in [-0.39, 0.29) is 11.7 Å². The molecule has 0 spiro atoms. The van der Waals surface area contributed by atoms with Gasteiger partial charge >= 0.3 is 0 Å². The van der Waals surface area contributed by atoms with E-state index in [0.717, 1.165) is 5.52 Å². The number of hydrogen-bond acceptors (Lipinski definition) is 4. The standard InChI is InChI=1S/C14H18N2O3/c1-10(2)14(17)12-9-15-16-5-4-11(8-13(12)16)19-7-6-18-3/h4-5,8-10H,6-7H2,1-3H3. The van der Waals surface area contributed by atoms with Gasteiger partial charge in [-0.2, -0.15) is 5.10 Å². The Morgan fingerprint density at radius 3 is 2.89 bits per heavy atom. The minimum Gasteiger partial charge on any atom is -0.491 e. The Morgan fingerprint density at radius 2 is 2.21 bits per heavy atom. The average molecular weight is 262 g/mol. The molecule has 2 aromatic heterocycles. The molecule has 5 nitrogen and oxygen atoms in total. The van der Waals surface area contributed by atoms with E-state index in [2.05, 4.69) is 5.10 Å². The van der Waals surface area contributed by atoms with E-state index in [9.17, 15) is 4.79 Å². The van der Waals surface area contributed by atoms with Gasteiger partial charge in [0.1, 0.15) is 12.4 Å². The molecule has 5 heteroatoms. The summed E-state index contributed by atoms with van der Waals surface area (Å²) in [7, 11) is 1.63. The second-order valence-electron chi connectivity index (χ2n) is 4.61. The molecule has 0 aliphatic rings. The van der Waals surface area contributed by atoms with Gasteiger partial charge < -0.3 is 9.47 Å². The fourth-order valence-corrected chi connectivity index (χ4v) is 1.79. The van der Waals surface area contributed by atoms with Crippen LogP contribution in [0.3, 0.4) is 0 Å². The Bertz CT molecular complexity index is 575. The summed E-state index contributed by atoms with van der Waals surface area (Å²) < 4.78 is 12.2. The van der Waals surface area contributed by atoms with E-state index in [1.165, 1.54) is 0 Å². The molecule has 0 saturated carbocycles. The molecule has 0 amide bonds. The van der Waals surface area contributed by atoms with Crippen LogP contribution in [0.2, 0.25) is 0 Å². The van der Waals surface area contributed by atoms with Gasteiger partial charge in [-0.3, -0.25) is 4.79 Å². The highest BCUT2D eigenvalue weighted by Gasteiger charge is 2.16. The molecule has 0 aromatic carbocycles. The van der Waals surface area contributed by atoms with Crippen LogP contribution in [-0.4, -0.2) is 35.7 Å². The largest absolute Gasteiger partial charge is 0.491 e. The van der Waals surface area contributed by atoms with Gasteiger partial charge in [-0.15, -0.1) is 0 Å². The number of hydrogen-bond donors (Lipinski definition) is 0. The summed E-state index contributed by atoms with van der Waals surface area (Å²) in [5.41, 5.74) is 1.40. The van der Waals surface area contributed by atoms with Gasteiger partial charge in [-0.05, 0) is 6.07 Å². The molecular formula is C14H18N2O3. The number of Topliss-reactive ketones (excluding diaryl/α,β-unsaturated/α-hetero) is 1. The molecule has 102 valence electrons. The number of aromatic nitrogens is 2. The summed E-state index contributed by atoms with van der Waals surface area (Å²) >= 11 is 0. The summed E-state index contributed by atoms with van der Waals surface area (Å²) in [6, 6.07) is 3.65. The first-order valence-corrected chi connectivity index (χ1v) is 6.27. The molecular weight excluding hydrogens is 244 g/mol. The first-order valence-electron chi connectivity index (χ1n) is 6.27. The van der Waals surface area contributed by atoms with E-state index < -0.39 is 0 Å². The quantitative estimate of drug-likeness (QED) is 0.591. The lowest BCUT2D eigenvalue weighted by atomic mass is 10.0. The van der Waals surface area contributed by atoms with Crippen LogP contribution in [0.4, 0.5) is 0 Å².